The lowest BCUT2D eigenvalue weighted by Crippen LogP contribution is -1.96. The molecule has 0 amide bonds. The first-order chi connectivity index (χ1) is 12.6. The molecule has 132 valence electrons. The van der Waals surface area contributed by atoms with Crippen molar-refractivity contribution in [1.82, 2.24) is 15.0 Å². The normalized spacial score (nSPS) is 11.4. The number of methoxy groups -OCH3 is 2. The summed E-state index contributed by atoms with van der Waals surface area (Å²) in [4.78, 5) is 13.9. The molecule has 0 aliphatic heterocycles. The van der Waals surface area contributed by atoms with Crippen LogP contribution in [-0.2, 0) is 11.3 Å². The molecule has 0 radical (unpaired) electrons. The topological polar surface area (TPSA) is 57.1 Å². The molecule has 0 aliphatic carbocycles. The van der Waals surface area contributed by atoms with Gasteiger partial charge in [0.1, 0.15) is 22.1 Å². The lowest BCUT2D eigenvalue weighted by Gasteiger charge is -2.06. The van der Waals surface area contributed by atoms with Gasteiger partial charge in [0.25, 0.3) is 0 Å². The zero-order valence-electron chi connectivity index (χ0n) is 14.5. The predicted octanol–water partition coefficient (Wildman–Crippen LogP) is 4.51. The van der Waals surface area contributed by atoms with Crippen molar-refractivity contribution in [2.75, 3.05) is 14.2 Å². The number of fused-ring (bicyclic) bond motifs is 2. The number of benzene rings is 2. The van der Waals surface area contributed by atoms with Crippen molar-refractivity contribution < 1.29 is 13.9 Å². The number of ether oxygens (including phenoxy) is 2. The van der Waals surface area contributed by atoms with E-state index >= 15 is 0 Å². The molecule has 0 bridgehead atoms. The van der Waals surface area contributed by atoms with Crippen molar-refractivity contribution in [1.29, 1.82) is 0 Å². The summed E-state index contributed by atoms with van der Waals surface area (Å²) >= 11 is 1.41. The number of nitrogens with zero attached hydrogens (tertiary/aromatic N) is 3. The van der Waals surface area contributed by atoms with Gasteiger partial charge in [-0.2, -0.15) is 0 Å². The quantitative estimate of drug-likeness (QED) is 0.530. The third-order valence-electron chi connectivity index (χ3n) is 4.01. The number of aryl methyl sites for hydroxylation is 1. The maximum absolute atomic E-state index is 13.8. The zero-order valence-corrected chi connectivity index (χ0v) is 15.4. The van der Waals surface area contributed by atoms with Crippen molar-refractivity contribution in [2.24, 2.45) is 0 Å². The Kier molecular flexibility index (Phi) is 4.26. The molecular weight excluding hydrogens is 353 g/mol. The Morgan fingerprint density at radius 2 is 1.92 bits per heavy atom. The second-order valence-corrected chi connectivity index (χ2v) is 6.98. The molecule has 0 spiro atoms. The summed E-state index contributed by atoms with van der Waals surface area (Å²) in [6, 6.07) is 6.82. The summed E-state index contributed by atoms with van der Waals surface area (Å²) in [5.41, 5.74) is 4.88. The van der Waals surface area contributed by atoms with E-state index in [1.165, 1.54) is 30.6 Å². The molecule has 2 aromatic carbocycles. The van der Waals surface area contributed by atoms with Crippen molar-refractivity contribution in [3.8, 4) is 16.3 Å². The van der Waals surface area contributed by atoms with E-state index in [1.807, 2.05) is 19.1 Å². The lowest BCUT2D eigenvalue weighted by atomic mass is 10.1. The maximum Gasteiger partial charge on any atom is 0.148 e. The van der Waals surface area contributed by atoms with Crippen LogP contribution in [0.5, 0.6) is 5.75 Å². The molecule has 7 heteroatoms. The molecule has 5 nitrogen and oxygen atoms in total. The number of halogens is 1. The van der Waals surface area contributed by atoms with Crippen LogP contribution in [0.1, 0.15) is 11.3 Å². The van der Waals surface area contributed by atoms with Crippen LogP contribution in [0.3, 0.4) is 0 Å². The number of hydrogen-bond acceptors (Lipinski definition) is 6. The minimum atomic E-state index is -0.345. The van der Waals surface area contributed by atoms with Crippen molar-refractivity contribution >= 4 is 32.6 Å². The molecule has 0 aliphatic rings. The molecule has 0 fully saturated rings. The smallest absolute Gasteiger partial charge is 0.148 e. The summed E-state index contributed by atoms with van der Waals surface area (Å²) in [6.45, 7) is 2.41. The second kappa shape index (κ2) is 6.59. The molecule has 4 rings (SSSR count). The SMILES string of the molecule is COCc1cnc2c(-c3nc4c(OC)cc(F)cc4s3)cc(C)cc2n1. The van der Waals surface area contributed by atoms with Crippen LogP contribution < -0.4 is 4.74 Å². The highest BCUT2D eigenvalue weighted by molar-refractivity contribution is 7.21. The highest BCUT2D eigenvalue weighted by Gasteiger charge is 2.16. The van der Waals surface area contributed by atoms with Gasteiger partial charge in [-0.3, -0.25) is 4.98 Å². The Bertz CT molecular complexity index is 1130. The Morgan fingerprint density at radius 1 is 1.08 bits per heavy atom. The van der Waals surface area contributed by atoms with E-state index in [1.54, 1.807) is 13.3 Å². The van der Waals surface area contributed by atoms with Crippen LogP contribution in [0.25, 0.3) is 31.8 Å². The van der Waals surface area contributed by atoms with Gasteiger partial charge in [0.05, 0.1) is 41.3 Å². The van der Waals surface area contributed by atoms with Crippen LogP contribution in [0.4, 0.5) is 4.39 Å². The van der Waals surface area contributed by atoms with Crippen LogP contribution in [0, 0.1) is 12.7 Å². The van der Waals surface area contributed by atoms with Gasteiger partial charge in [-0.05, 0) is 30.7 Å². The average molecular weight is 369 g/mol. The van der Waals surface area contributed by atoms with Gasteiger partial charge in [0.15, 0.2) is 0 Å². The monoisotopic (exact) mass is 369 g/mol. The van der Waals surface area contributed by atoms with E-state index in [9.17, 15) is 4.39 Å². The molecule has 26 heavy (non-hydrogen) atoms. The van der Waals surface area contributed by atoms with Crippen LogP contribution in [-0.4, -0.2) is 29.2 Å². The van der Waals surface area contributed by atoms with Crippen LogP contribution in [0.15, 0.2) is 30.5 Å². The minimum absolute atomic E-state index is 0.345. The fourth-order valence-electron chi connectivity index (χ4n) is 2.92. The van der Waals surface area contributed by atoms with Crippen molar-refractivity contribution in [2.45, 2.75) is 13.5 Å². The maximum atomic E-state index is 13.8. The average Bonchev–Trinajstić information content (AvgIpc) is 3.04. The Hall–Kier alpha value is -2.64. The molecule has 2 aromatic heterocycles. The molecule has 2 heterocycles. The van der Waals surface area contributed by atoms with Gasteiger partial charge < -0.3 is 9.47 Å². The van der Waals surface area contributed by atoms with E-state index in [-0.39, 0.29) is 5.82 Å². The first-order valence-electron chi connectivity index (χ1n) is 7.98. The Labute approximate surface area is 153 Å². The van der Waals surface area contributed by atoms with Gasteiger partial charge >= 0.3 is 0 Å². The Balaban J connectivity index is 1.95. The van der Waals surface area contributed by atoms with Crippen LogP contribution >= 0.6 is 11.3 Å². The summed E-state index contributed by atoms with van der Waals surface area (Å²) < 4.78 is 24.9. The fraction of sp³-hybridized carbons (Fsp3) is 0.211. The number of thiazole rings is 1. The van der Waals surface area contributed by atoms with Gasteiger partial charge in [-0.15, -0.1) is 11.3 Å². The van der Waals surface area contributed by atoms with Crippen molar-refractivity contribution in [3.05, 3.63) is 47.5 Å². The molecule has 0 N–H and O–H groups in total. The van der Waals surface area contributed by atoms with Crippen molar-refractivity contribution in [3.63, 3.8) is 0 Å². The number of hydrogen-bond donors (Lipinski definition) is 0. The van der Waals surface area contributed by atoms with Gasteiger partial charge in [-0.25, -0.2) is 14.4 Å². The number of aromatic nitrogens is 3. The highest BCUT2D eigenvalue weighted by atomic mass is 32.1. The first-order valence-corrected chi connectivity index (χ1v) is 8.80. The summed E-state index contributed by atoms with van der Waals surface area (Å²) in [5.74, 6) is 0.0792. The molecular formula is C19H16FN3O2S. The summed E-state index contributed by atoms with van der Waals surface area (Å²) in [6.07, 6.45) is 1.71. The number of rotatable bonds is 4. The molecule has 0 unspecified atom stereocenters. The molecule has 0 saturated carbocycles. The summed E-state index contributed by atoms with van der Waals surface area (Å²) in [5, 5.41) is 0.756. The van der Waals surface area contributed by atoms with Gasteiger partial charge in [0, 0.05) is 18.7 Å². The lowest BCUT2D eigenvalue weighted by molar-refractivity contribution is 0.181. The fourth-order valence-corrected chi connectivity index (χ4v) is 3.95. The Morgan fingerprint density at radius 3 is 2.69 bits per heavy atom. The first kappa shape index (κ1) is 16.8. The van der Waals surface area contributed by atoms with E-state index in [0.29, 0.717) is 17.9 Å². The third-order valence-corrected chi connectivity index (χ3v) is 5.04. The largest absolute Gasteiger partial charge is 0.494 e. The molecule has 4 aromatic rings. The van der Waals surface area contributed by atoms with E-state index in [0.717, 1.165) is 37.6 Å². The third kappa shape index (κ3) is 2.89. The second-order valence-electron chi connectivity index (χ2n) is 5.95. The highest BCUT2D eigenvalue weighted by Crippen LogP contribution is 2.37. The van der Waals surface area contributed by atoms with Gasteiger partial charge in [0.2, 0.25) is 0 Å². The standard InChI is InChI=1S/C19H16FN3O2S/c1-10-4-13(17-14(5-10)22-12(8-21-17)9-24-2)19-23-18-15(25-3)6-11(20)7-16(18)26-19/h4-8H,9H2,1-3H3. The van der Waals surface area contributed by atoms with Crippen LogP contribution in [0.2, 0.25) is 0 Å². The zero-order chi connectivity index (χ0) is 18.3. The van der Waals surface area contributed by atoms with E-state index in [2.05, 4.69) is 15.0 Å². The van der Waals surface area contributed by atoms with Gasteiger partial charge in [-0.1, -0.05) is 0 Å². The van der Waals surface area contributed by atoms with E-state index in [4.69, 9.17) is 9.47 Å². The molecule has 0 saturated heterocycles. The predicted molar refractivity (Wildman–Crippen MR) is 100 cm³/mol. The minimum Gasteiger partial charge on any atom is -0.494 e. The summed E-state index contributed by atoms with van der Waals surface area (Å²) in [7, 11) is 3.14. The molecule has 0 atom stereocenters. The van der Waals surface area contributed by atoms with E-state index < -0.39 is 0 Å².